The molecule has 0 amide bonds. The maximum absolute atomic E-state index is 12.2. The van der Waals surface area contributed by atoms with Crippen molar-refractivity contribution in [2.75, 3.05) is 18.4 Å². The van der Waals surface area contributed by atoms with Crippen LogP contribution in [0.15, 0.2) is 17.2 Å². The predicted molar refractivity (Wildman–Crippen MR) is 84.3 cm³/mol. The first-order chi connectivity index (χ1) is 10.5. The van der Waals surface area contributed by atoms with Gasteiger partial charge in [-0.3, -0.25) is 4.79 Å². The third kappa shape index (κ3) is 3.03. The molecule has 8 heteroatoms. The molecule has 2 aliphatic rings. The number of aryl methyl sites for hydroxylation is 1. The van der Waals surface area contributed by atoms with Gasteiger partial charge in [0.15, 0.2) is 5.82 Å². The molecule has 0 spiro atoms. The van der Waals surface area contributed by atoms with E-state index in [4.69, 9.17) is 0 Å². The first kappa shape index (κ1) is 15.5. The summed E-state index contributed by atoms with van der Waals surface area (Å²) in [6.07, 6.45) is 6.27. The average molecular weight is 326 g/mol. The van der Waals surface area contributed by atoms with E-state index in [1.54, 1.807) is 21.3 Å². The van der Waals surface area contributed by atoms with Gasteiger partial charge in [-0.2, -0.15) is 0 Å². The van der Waals surface area contributed by atoms with Crippen LogP contribution in [0.25, 0.3) is 0 Å². The van der Waals surface area contributed by atoms with Crippen LogP contribution < -0.4 is 10.9 Å². The van der Waals surface area contributed by atoms with E-state index in [-0.39, 0.29) is 16.9 Å². The Balaban J connectivity index is 1.62. The van der Waals surface area contributed by atoms with Crippen LogP contribution in [0.5, 0.6) is 0 Å². The number of nitrogens with one attached hydrogen (secondary N) is 1. The summed E-state index contributed by atoms with van der Waals surface area (Å²) in [5.74, 6) is 0.354. The van der Waals surface area contributed by atoms with Crippen LogP contribution >= 0.6 is 0 Å². The summed E-state index contributed by atoms with van der Waals surface area (Å²) >= 11 is 0. The lowest BCUT2D eigenvalue weighted by Gasteiger charge is -2.31. The van der Waals surface area contributed by atoms with Crippen molar-refractivity contribution >= 4 is 15.8 Å². The molecular weight excluding hydrogens is 304 g/mol. The quantitative estimate of drug-likeness (QED) is 0.858. The van der Waals surface area contributed by atoms with Crippen molar-refractivity contribution in [3.63, 3.8) is 0 Å². The summed E-state index contributed by atoms with van der Waals surface area (Å²) in [7, 11) is -3.08. The largest absolute Gasteiger partial charge is 0.363 e. The number of sulfonamides is 1. The topological polar surface area (TPSA) is 84.3 Å². The van der Waals surface area contributed by atoms with Crippen molar-refractivity contribution < 1.29 is 8.42 Å². The molecule has 0 aromatic carbocycles. The summed E-state index contributed by atoms with van der Waals surface area (Å²) in [5.41, 5.74) is -0.127. The van der Waals surface area contributed by atoms with E-state index in [1.807, 2.05) is 6.92 Å². The summed E-state index contributed by atoms with van der Waals surface area (Å²) in [5, 5.41) is 3.03. The highest BCUT2D eigenvalue weighted by molar-refractivity contribution is 7.90. The second-order valence-electron chi connectivity index (χ2n) is 5.93. The Hall–Kier alpha value is -1.41. The molecular formula is C14H22N4O3S. The van der Waals surface area contributed by atoms with Gasteiger partial charge in [0.05, 0.1) is 5.25 Å². The lowest BCUT2D eigenvalue weighted by Crippen LogP contribution is -2.44. The third-order valence-corrected chi connectivity index (χ3v) is 6.75. The van der Waals surface area contributed by atoms with Crippen LogP contribution in [0.4, 0.5) is 5.82 Å². The zero-order chi connectivity index (χ0) is 15.7. The lowest BCUT2D eigenvalue weighted by molar-refractivity contribution is 0.329. The summed E-state index contributed by atoms with van der Waals surface area (Å²) in [6.45, 7) is 3.55. The number of aromatic nitrogens is 2. The monoisotopic (exact) mass is 326 g/mol. The fourth-order valence-electron chi connectivity index (χ4n) is 2.82. The molecule has 1 aromatic heterocycles. The molecule has 1 N–H and O–H groups in total. The molecule has 0 unspecified atom stereocenters. The van der Waals surface area contributed by atoms with Crippen molar-refractivity contribution in [3.05, 3.63) is 22.7 Å². The standard InChI is InChI=1S/C14H22N4O3S/c1-2-17-10-7-15-13(14(17)19)16-11-5-8-18(9-6-11)22(20,21)12-3-4-12/h7,10-12H,2-6,8-9H2,1H3,(H,15,16). The van der Waals surface area contributed by atoms with E-state index < -0.39 is 10.0 Å². The Labute approximate surface area is 130 Å². The van der Waals surface area contributed by atoms with E-state index >= 15 is 0 Å². The Morgan fingerprint density at radius 2 is 1.95 bits per heavy atom. The summed E-state index contributed by atoms with van der Waals surface area (Å²) in [6, 6.07) is 0.0959. The van der Waals surface area contributed by atoms with Gasteiger partial charge < -0.3 is 9.88 Å². The smallest absolute Gasteiger partial charge is 0.293 e. The van der Waals surface area contributed by atoms with E-state index in [9.17, 15) is 13.2 Å². The van der Waals surface area contributed by atoms with Crippen LogP contribution in [0, 0.1) is 0 Å². The Morgan fingerprint density at radius 3 is 2.55 bits per heavy atom. The third-order valence-electron chi connectivity index (χ3n) is 4.35. The van der Waals surface area contributed by atoms with Crippen LogP contribution in [0.3, 0.4) is 0 Å². The number of anilines is 1. The molecule has 2 fully saturated rings. The van der Waals surface area contributed by atoms with Gasteiger partial charge in [0.2, 0.25) is 10.0 Å². The number of nitrogens with zero attached hydrogens (tertiary/aromatic N) is 3. The molecule has 1 aliphatic heterocycles. The summed E-state index contributed by atoms with van der Waals surface area (Å²) in [4.78, 5) is 16.2. The van der Waals surface area contributed by atoms with Gasteiger partial charge in [-0.15, -0.1) is 0 Å². The van der Waals surface area contributed by atoms with E-state index in [2.05, 4.69) is 10.3 Å². The SMILES string of the molecule is CCn1ccnc(NC2CCN(S(=O)(=O)C3CC3)CC2)c1=O. The Kier molecular flexibility index (Phi) is 4.22. The summed E-state index contributed by atoms with van der Waals surface area (Å²) < 4.78 is 27.6. The van der Waals surface area contributed by atoms with Gasteiger partial charge >= 0.3 is 0 Å². The maximum atomic E-state index is 12.2. The van der Waals surface area contributed by atoms with Crippen molar-refractivity contribution in [2.24, 2.45) is 0 Å². The highest BCUT2D eigenvalue weighted by Gasteiger charge is 2.41. The van der Waals surface area contributed by atoms with Crippen LogP contribution in [-0.4, -0.2) is 46.7 Å². The van der Waals surface area contributed by atoms with Gasteiger partial charge in [-0.1, -0.05) is 0 Å². The molecule has 0 bridgehead atoms. The van der Waals surface area contributed by atoms with Crippen LogP contribution in [0.2, 0.25) is 0 Å². The van der Waals surface area contributed by atoms with Gasteiger partial charge in [-0.25, -0.2) is 17.7 Å². The zero-order valence-electron chi connectivity index (χ0n) is 12.7. The molecule has 0 radical (unpaired) electrons. The van der Waals surface area contributed by atoms with E-state index in [0.29, 0.717) is 38.3 Å². The van der Waals surface area contributed by atoms with Crippen molar-refractivity contribution in [1.82, 2.24) is 13.9 Å². The highest BCUT2D eigenvalue weighted by atomic mass is 32.2. The number of piperidine rings is 1. The molecule has 1 aliphatic carbocycles. The molecule has 7 nitrogen and oxygen atoms in total. The van der Waals surface area contributed by atoms with Crippen molar-refractivity contribution in [3.8, 4) is 0 Å². The minimum absolute atomic E-state index is 0.0959. The lowest BCUT2D eigenvalue weighted by atomic mass is 10.1. The molecule has 1 saturated carbocycles. The normalized spacial score (nSPS) is 21.0. The minimum atomic E-state index is -3.08. The van der Waals surface area contributed by atoms with Gasteiger partial charge in [-0.05, 0) is 32.6 Å². The first-order valence-corrected chi connectivity index (χ1v) is 9.33. The van der Waals surface area contributed by atoms with Gasteiger partial charge in [0.25, 0.3) is 5.56 Å². The molecule has 2 heterocycles. The fraction of sp³-hybridized carbons (Fsp3) is 0.714. The molecule has 22 heavy (non-hydrogen) atoms. The van der Waals surface area contributed by atoms with E-state index in [0.717, 1.165) is 12.8 Å². The number of rotatable bonds is 5. The van der Waals surface area contributed by atoms with Crippen LogP contribution in [0.1, 0.15) is 32.6 Å². The number of hydrogen-bond acceptors (Lipinski definition) is 5. The zero-order valence-corrected chi connectivity index (χ0v) is 13.6. The second kappa shape index (κ2) is 6.00. The molecule has 1 aromatic rings. The Bertz CT molecular complexity index is 688. The predicted octanol–water partition coefficient (Wildman–Crippen LogP) is 0.632. The fourth-order valence-corrected chi connectivity index (χ4v) is 4.69. The molecule has 122 valence electrons. The minimum Gasteiger partial charge on any atom is -0.363 e. The molecule has 0 atom stereocenters. The van der Waals surface area contributed by atoms with Gasteiger partial charge in [0, 0.05) is 38.1 Å². The Morgan fingerprint density at radius 1 is 1.27 bits per heavy atom. The van der Waals surface area contributed by atoms with Crippen molar-refractivity contribution in [1.29, 1.82) is 0 Å². The second-order valence-corrected chi connectivity index (χ2v) is 8.14. The molecule has 3 rings (SSSR count). The first-order valence-electron chi connectivity index (χ1n) is 7.83. The molecule has 1 saturated heterocycles. The van der Waals surface area contributed by atoms with Crippen LogP contribution in [-0.2, 0) is 16.6 Å². The van der Waals surface area contributed by atoms with Gasteiger partial charge in [0.1, 0.15) is 0 Å². The number of hydrogen-bond donors (Lipinski definition) is 1. The van der Waals surface area contributed by atoms with E-state index in [1.165, 1.54) is 0 Å². The van der Waals surface area contributed by atoms with Crippen molar-refractivity contribution in [2.45, 2.75) is 50.4 Å². The highest BCUT2D eigenvalue weighted by Crippen LogP contribution is 2.32. The maximum Gasteiger partial charge on any atom is 0.293 e. The average Bonchev–Trinajstić information content (AvgIpc) is 3.35.